The van der Waals surface area contributed by atoms with E-state index in [-0.39, 0.29) is 0 Å². The van der Waals surface area contributed by atoms with Crippen molar-refractivity contribution in [1.82, 2.24) is 9.97 Å². The Morgan fingerprint density at radius 3 is 2.83 bits per heavy atom. The van der Waals surface area contributed by atoms with E-state index in [0.29, 0.717) is 18.2 Å². The van der Waals surface area contributed by atoms with Crippen molar-refractivity contribution in [1.29, 1.82) is 0 Å². The summed E-state index contributed by atoms with van der Waals surface area (Å²) < 4.78 is 5.42. The van der Waals surface area contributed by atoms with E-state index in [1.807, 2.05) is 25.1 Å². The zero-order valence-corrected chi connectivity index (χ0v) is 10.3. The van der Waals surface area contributed by atoms with Gasteiger partial charge in [-0.2, -0.15) is 0 Å². The van der Waals surface area contributed by atoms with Crippen LogP contribution in [0.15, 0.2) is 28.9 Å². The van der Waals surface area contributed by atoms with E-state index < -0.39 is 0 Å². The second kappa shape index (κ2) is 6.02. The van der Waals surface area contributed by atoms with Gasteiger partial charge in [0.25, 0.3) is 0 Å². The van der Waals surface area contributed by atoms with Crippen molar-refractivity contribution < 1.29 is 4.42 Å². The number of rotatable bonds is 6. The molecule has 2 aromatic heterocycles. The molecule has 0 radical (unpaired) electrons. The first-order chi connectivity index (χ1) is 8.78. The first kappa shape index (κ1) is 12.4. The third kappa shape index (κ3) is 3.46. The Morgan fingerprint density at radius 2 is 2.11 bits per heavy atom. The van der Waals surface area contributed by atoms with Gasteiger partial charge in [0.2, 0.25) is 0 Å². The van der Waals surface area contributed by atoms with E-state index in [1.54, 1.807) is 0 Å². The van der Waals surface area contributed by atoms with Crippen molar-refractivity contribution in [2.75, 3.05) is 23.7 Å². The molecule has 0 aliphatic rings. The van der Waals surface area contributed by atoms with E-state index in [2.05, 4.69) is 20.6 Å². The van der Waals surface area contributed by atoms with Crippen LogP contribution in [0.2, 0.25) is 0 Å². The van der Waals surface area contributed by atoms with Crippen LogP contribution in [0.4, 0.5) is 17.5 Å². The number of nitrogens with two attached hydrogens (primary N) is 1. The highest BCUT2D eigenvalue weighted by molar-refractivity contribution is 5.54. The topological polar surface area (TPSA) is 89.0 Å². The number of furan rings is 1. The summed E-state index contributed by atoms with van der Waals surface area (Å²) in [4.78, 5) is 8.25. The summed E-state index contributed by atoms with van der Waals surface area (Å²) in [5, 5.41) is 6.25. The van der Waals surface area contributed by atoms with E-state index in [0.717, 1.165) is 24.5 Å². The molecule has 2 aromatic rings. The molecule has 0 aliphatic heterocycles. The first-order valence-electron chi connectivity index (χ1n) is 5.87. The van der Waals surface area contributed by atoms with Crippen LogP contribution >= 0.6 is 0 Å². The lowest BCUT2D eigenvalue weighted by Crippen LogP contribution is -2.09. The van der Waals surface area contributed by atoms with Crippen LogP contribution in [0.1, 0.15) is 12.2 Å². The van der Waals surface area contributed by atoms with E-state index in [1.165, 1.54) is 6.33 Å². The maximum absolute atomic E-state index is 5.43. The lowest BCUT2D eigenvalue weighted by atomic mass is 10.4. The average molecular weight is 247 g/mol. The normalized spacial score (nSPS) is 10.3. The lowest BCUT2D eigenvalue weighted by Gasteiger charge is -2.06. The highest BCUT2D eigenvalue weighted by Crippen LogP contribution is 2.18. The number of aromatic nitrogens is 2. The van der Waals surface area contributed by atoms with Gasteiger partial charge in [0.1, 0.15) is 23.7 Å². The predicted molar refractivity (Wildman–Crippen MR) is 70.9 cm³/mol. The van der Waals surface area contributed by atoms with Crippen LogP contribution in [-0.4, -0.2) is 23.1 Å². The van der Waals surface area contributed by atoms with Crippen molar-refractivity contribution in [3.8, 4) is 0 Å². The lowest BCUT2D eigenvalue weighted by molar-refractivity contribution is 0.551. The molecule has 4 N–H and O–H groups in total. The maximum Gasteiger partial charge on any atom is 0.198 e. The van der Waals surface area contributed by atoms with Gasteiger partial charge in [0.15, 0.2) is 5.88 Å². The van der Waals surface area contributed by atoms with E-state index in [4.69, 9.17) is 10.2 Å². The molecule has 0 saturated heterocycles. The van der Waals surface area contributed by atoms with Crippen LogP contribution in [0.5, 0.6) is 0 Å². The molecular formula is C12H17N5O. The van der Waals surface area contributed by atoms with Crippen molar-refractivity contribution in [2.45, 2.75) is 13.3 Å². The van der Waals surface area contributed by atoms with Gasteiger partial charge in [-0.25, -0.2) is 9.97 Å². The summed E-state index contributed by atoms with van der Waals surface area (Å²) in [7, 11) is 0. The SMILES string of the molecule is Cc1ccc(Nc2cc(NCCCN)ncn2)o1. The molecule has 0 fully saturated rings. The summed E-state index contributed by atoms with van der Waals surface area (Å²) in [5.41, 5.74) is 5.43. The van der Waals surface area contributed by atoms with Crippen molar-refractivity contribution >= 4 is 17.5 Å². The van der Waals surface area contributed by atoms with Gasteiger partial charge >= 0.3 is 0 Å². The summed E-state index contributed by atoms with van der Waals surface area (Å²) in [6.07, 6.45) is 2.41. The summed E-state index contributed by atoms with van der Waals surface area (Å²) in [6, 6.07) is 5.58. The predicted octanol–water partition coefficient (Wildman–Crippen LogP) is 1.88. The molecular weight excluding hydrogens is 230 g/mol. The fourth-order valence-corrected chi connectivity index (χ4v) is 1.47. The fourth-order valence-electron chi connectivity index (χ4n) is 1.47. The Balaban J connectivity index is 1.98. The molecule has 18 heavy (non-hydrogen) atoms. The third-order valence-corrected chi connectivity index (χ3v) is 2.35. The third-order valence-electron chi connectivity index (χ3n) is 2.35. The molecule has 0 aliphatic carbocycles. The molecule has 0 atom stereocenters. The Labute approximate surface area is 106 Å². The van der Waals surface area contributed by atoms with Crippen LogP contribution in [0, 0.1) is 6.92 Å². The largest absolute Gasteiger partial charge is 0.446 e. The molecule has 0 bridgehead atoms. The van der Waals surface area contributed by atoms with E-state index in [9.17, 15) is 0 Å². The smallest absolute Gasteiger partial charge is 0.198 e. The van der Waals surface area contributed by atoms with Gasteiger partial charge in [-0.15, -0.1) is 0 Å². The fraction of sp³-hybridized carbons (Fsp3) is 0.333. The molecule has 0 aromatic carbocycles. The van der Waals surface area contributed by atoms with Crippen molar-refractivity contribution in [3.05, 3.63) is 30.3 Å². The summed E-state index contributed by atoms with van der Waals surface area (Å²) in [5.74, 6) is 2.98. The Kier molecular flexibility index (Phi) is 4.14. The Bertz CT molecular complexity index is 497. The molecule has 6 nitrogen and oxygen atoms in total. The molecule has 0 amide bonds. The van der Waals surface area contributed by atoms with Crippen molar-refractivity contribution in [2.24, 2.45) is 5.73 Å². The molecule has 0 unspecified atom stereocenters. The number of hydrogen-bond donors (Lipinski definition) is 3. The number of aryl methyl sites for hydroxylation is 1. The number of anilines is 3. The van der Waals surface area contributed by atoms with Gasteiger partial charge in [0.05, 0.1) is 0 Å². The van der Waals surface area contributed by atoms with Gasteiger partial charge in [0, 0.05) is 18.7 Å². The highest BCUT2D eigenvalue weighted by Gasteiger charge is 2.01. The Morgan fingerprint density at radius 1 is 1.28 bits per heavy atom. The van der Waals surface area contributed by atoms with Crippen LogP contribution in [0.25, 0.3) is 0 Å². The number of hydrogen-bond acceptors (Lipinski definition) is 6. The second-order valence-corrected chi connectivity index (χ2v) is 3.89. The molecule has 0 saturated carbocycles. The monoisotopic (exact) mass is 247 g/mol. The summed E-state index contributed by atoms with van der Waals surface area (Å²) >= 11 is 0. The van der Waals surface area contributed by atoms with Gasteiger partial charge < -0.3 is 20.8 Å². The average Bonchev–Trinajstić information content (AvgIpc) is 2.76. The first-order valence-corrected chi connectivity index (χ1v) is 5.87. The zero-order valence-electron chi connectivity index (χ0n) is 10.3. The zero-order chi connectivity index (χ0) is 12.8. The molecule has 96 valence electrons. The van der Waals surface area contributed by atoms with Crippen LogP contribution in [0.3, 0.4) is 0 Å². The molecule has 2 heterocycles. The van der Waals surface area contributed by atoms with Crippen LogP contribution in [-0.2, 0) is 0 Å². The minimum Gasteiger partial charge on any atom is -0.446 e. The van der Waals surface area contributed by atoms with E-state index >= 15 is 0 Å². The minimum absolute atomic E-state index is 0.662. The minimum atomic E-state index is 0.662. The molecule has 0 spiro atoms. The second-order valence-electron chi connectivity index (χ2n) is 3.89. The molecule has 6 heteroatoms. The maximum atomic E-state index is 5.43. The molecule has 2 rings (SSSR count). The highest BCUT2D eigenvalue weighted by atomic mass is 16.4. The van der Waals surface area contributed by atoms with Gasteiger partial charge in [-0.1, -0.05) is 0 Å². The Hall–Kier alpha value is -2.08. The van der Waals surface area contributed by atoms with Crippen LogP contribution < -0.4 is 16.4 Å². The van der Waals surface area contributed by atoms with Crippen molar-refractivity contribution in [3.63, 3.8) is 0 Å². The standard InChI is InChI=1S/C12H17N5O/c1-9-3-4-12(18-9)17-11-7-10(15-8-16-11)14-6-2-5-13/h3-4,7-8H,2,5-6,13H2,1H3,(H2,14,15,16,17). The number of nitrogens with zero attached hydrogens (tertiary/aromatic N) is 2. The quantitative estimate of drug-likeness (QED) is 0.675. The van der Waals surface area contributed by atoms with Gasteiger partial charge in [-0.05, 0) is 26.0 Å². The van der Waals surface area contributed by atoms with Gasteiger partial charge in [-0.3, -0.25) is 0 Å². The number of nitrogens with one attached hydrogen (secondary N) is 2. The summed E-state index contributed by atoms with van der Waals surface area (Å²) in [6.45, 7) is 3.35.